The van der Waals surface area contributed by atoms with E-state index in [0.29, 0.717) is 12.1 Å². The lowest BCUT2D eigenvalue weighted by atomic mass is 10.2. The maximum atomic E-state index is 11.3. The summed E-state index contributed by atoms with van der Waals surface area (Å²) in [6.45, 7) is 1.41. The van der Waals surface area contributed by atoms with Crippen molar-refractivity contribution in [3.8, 4) is 0 Å². The third kappa shape index (κ3) is 3.40. The fraction of sp³-hybridized carbons (Fsp3) is 0.308. The van der Waals surface area contributed by atoms with E-state index < -0.39 is 0 Å². The van der Waals surface area contributed by atoms with Crippen LogP contribution in [-0.4, -0.2) is 32.4 Å². The van der Waals surface area contributed by atoms with E-state index in [0.717, 1.165) is 18.1 Å². The van der Waals surface area contributed by atoms with Crippen molar-refractivity contribution in [1.29, 1.82) is 0 Å². The van der Waals surface area contributed by atoms with Crippen molar-refractivity contribution in [2.24, 2.45) is 12.9 Å². The predicted octanol–water partition coefficient (Wildman–Crippen LogP) is 0.0506. The topological polar surface area (TPSA) is 89.1 Å². The van der Waals surface area contributed by atoms with Crippen LogP contribution in [0.5, 0.6) is 0 Å². The summed E-state index contributed by atoms with van der Waals surface area (Å²) in [5.41, 5.74) is 3.41. The zero-order valence-corrected chi connectivity index (χ0v) is 11.6. The minimum atomic E-state index is -0.342. The molecular formula is C13H18N6O. The summed E-state index contributed by atoms with van der Waals surface area (Å²) >= 11 is 0. The molecule has 0 spiro atoms. The first-order valence-electron chi connectivity index (χ1n) is 6.20. The fourth-order valence-electron chi connectivity index (χ4n) is 1.86. The summed E-state index contributed by atoms with van der Waals surface area (Å²) in [5.74, 6) is 5.72. The highest BCUT2D eigenvalue weighted by atomic mass is 16.2. The van der Waals surface area contributed by atoms with E-state index in [1.54, 1.807) is 12.3 Å². The van der Waals surface area contributed by atoms with Crippen LogP contribution in [-0.2, 0) is 20.1 Å². The number of nitrogens with one attached hydrogen (secondary N) is 1. The van der Waals surface area contributed by atoms with Crippen molar-refractivity contribution < 1.29 is 4.79 Å². The molecular weight excluding hydrogens is 256 g/mol. The van der Waals surface area contributed by atoms with E-state index in [9.17, 15) is 4.79 Å². The molecule has 2 rings (SSSR count). The number of rotatable bonds is 5. The molecule has 0 aliphatic heterocycles. The molecule has 0 aromatic carbocycles. The molecule has 2 heterocycles. The van der Waals surface area contributed by atoms with Crippen LogP contribution in [0.1, 0.15) is 21.9 Å². The number of nitrogen functional groups attached to an aromatic ring is 1. The Hall–Kier alpha value is -2.25. The normalized spacial score (nSPS) is 10.8. The van der Waals surface area contributed by atoms with Crippen molar-refractivity contribution in [1.82, 2.24) is 24.9 Å². The maximum absolute atomic E-state index is 11.3. The van der Waals surface area contributed by atoms with Gasteiger partial charge in [-0.2, -0.15) is 0 Å². The molecule has 7 heteroatoms. The molecule has 0 fully saturated rings. The number of nitrogens with two attached hydrogens (primary N) is 1. The van der Waals surface area contributed by atoms with Crippen molar-refractivity contribution >= 4 is 5.91 Å². The van der Waals surface area contributed by atoms with Gasteiger partial charge >= 0.3 is 0 Å². The van der Waals surface area contributed by atoms with E-state index in [-0.39, 0.29) is 5.91 Å². The molecule has 20 heavy (non-hydrogen) atoms. The van der Waals surface area contributed by atoms with Crippen LogP contribution in [0, 0.1) is 0 Å². The zero-order chi connectivity index (χ0) is 14.5. The van der Waals surface area contributed by atoms with E-state index >= 15 is 0 Å². The van der Waals surface area contributed by atoms with Crippen LogP contribution in [0.2, 0.25) is 0 Å². The Morgan fingerprint density at radius 2 is 2.20 bits per heavy atom. The maximum Gasteiger partial charge on any atom is 0.266 e. The van der Waals surface area contributed by atoms with E-state index in [2.05, 4.69) is 20.3 Å². The van der Waals surface area contributed by atoms with Gasteiger partial charge in [0.2, 0.25) is 0 Å². The number of pyridine rings is 1. The molecule has 0 unspecified atom stereocenters. The van der Waals surface area contributed by atoms with Crippen molar-refractivity contribution in [3.63, 3.8) is 0 Å². The van der Waals surface area contributed by atoms with Crippen LogP contribution in [0.4, 0.5) is 0 Å². The molecule has 0 saturated heterocycles. The second kappa shape index (κ2) is 6.27. The van der Waals surface area contributed by atoms with Gasteiger partial charge in [0.05, 0.1) is 17.8 Å². The number of imidazole rings is 1. The van der Waals surface area contributed by atoms with E-state index in [4.69, 9.17) is 5.84 Å². The summed E-state index contributed by atoms with van der Waals surface area (Å²) in [7, 11) is 3.96. The smallest absolute Gasteiger partial charge is 0.266 e. The third-order valence-electron chi connectivity index (χ3n) is 2.98. The lowest BCUT2D eigenvalue weighted by Crippen LogP contribution is -2.30. The first-order chi connectivity index (χ1) is 9.60. The number of hydrogen-bond donors (Lipinski definition) is 2. The average Bonchev–Trinajstić information content (AvgIpc) is 2.84. The summed E-state index contributed by atoms with van der Waals surface area (Å²) in [6, 6.07) is 3.53. The highest BCUT2D eigenvalue weighted by Gasteiger charge is 2.08. The molecule has 2 aromatic heterocycles. The van der Waals surface area contributed by atoms with Gasteiger partial charge in [-0.25, -0.2) is 10.8 Å². The molecule has 1 amide bonds. The van der Waals surface area contributed by atoms with Gasteiger partial charge in [-0.3, -0.25) is 20.1 Å². The predicted molar refractivity (Wildman–Crippen MR) is 74.3 cm³/mol. The van der Waals surface area contributed by atoms with Gasteiger partial charge in [0, 0.05) is 32.2 Å². The Morgan fingerprint density at radius 1 is 1.40 bits per heavy atom. The minimum Gasteiger partial charge on any atom is -0.337 e. The lowest BCUT2D eigenvalue weighted by Gasteiger charge is -2.15. The minimum absolute atomic E-state index is 0.342. The quantitative estimate of drug-likeness (QED) is 0.457. The number of nitrogens with zero attached hydrogens (tertiary/aromatic N) is 4. The molecule has 0 bridgehead atoms. The van der Waals surface area contributed by atoms with Gasteiger partial charge in [0.25, 0.3) is 5.91 Å². The highest BCUT2D eigenvalue weighted by molar-refractivity contribution is 5.93. The van der Waals surface area contributed by atoms with Crippen molar-refractivity contribution in [3.05, 3.63) is 47.8 Å². The van der Waals surface area contributed by atoms with Crippen LogP contribution >= 0.6 is 0 Å². The van der Waals surface area contributed by atoms with Gasteiger partial charge in [0.15, 0.2) is 0 Å². The number of carbonyl (C=O) groups excluding carboxylic acids is 1. The van der Waals surface area contributed by atoms with Gasteiger partial charge in [-0.1, -0.05) is 0 Å². The van der Waals surface area contributed by atoms with Gasteiger partial charge in [0.1, 0.15) is 5.82 Å². The zero-order valence-electron chi connectivity index (χ0n) is 11.6. The molecule has 0 atom stereocenters. The van der Waals surface area contributed by atoms with Crippen molar-refractivity contribution in [2.75, 3.05) is 7.05 Å². The standard InChI is InChI=1S/C13H18N6O/c1-18(9-12-15-5-6-19(12)2)8-11-4-3-10(7-16-11)13(20)17-14/h3-7H,8-9,14H2,1-2H3,(H,17,20). The third-order valence-corrected chi connectivity index (χ3v) is 2.98. The van der Waals surface area contributed by atoms with Gasteiger partial charge in [-0.05, 0) is 19.2 Å². The van der Waals surface area contributed by atoms with Crippen LogP contribution in [0.25, 0.3) is 0 Å². The summed E-state index contributed by atoms with van der Waals surface area (Å²) in [5, 5.41) is 0. The van der Waals surface area contributed by atoms with Crippen LogP contribution in [0.15, 0.2) is 30.7 Å². The van der Waals surface area contributed by atoms with E-state index in [1.807, 2.05) is 30.9 Å². The highest BCUT2D eigenvalue weighted by Crippen LogP contribution is 2.06. The molecule has 2 aromatic rings. The number of hydrazine groups is 1. The number of aromatic nitrogens is 3. The molecule has 7 nitrogen and oxygen atoms in total. The van der Waals surface area contributed by atoms with E-state index in [1.165, 1.54) is 6.20 Å². The van der Waals surface area contributed by atoms with Crippen LogP contribution < -0.4 is 11.3 Å². The number of aryl methyl sites for hydroxylation is 1. The first kappa shape index (κ1) is 14.2. The summed E-state index contributed by atoms with van der Waals surface area (Å²) < 4.78 is 1.98. The Morgan fingerprint density at radius 3 is 2.75 bits per heavy atom. The SMILES string of the molecule is CN(Cc1ccc(C(=O)NN)cn1)Cc1nccn1C. The Labute approximate surface area is 117 Å². The molecule has 106 valence electrons. The van der Waals surface area contributed by atoms with Crippen LogP contribution in [0.3, 0.4) is 0 Å². The Balaban J connectivity index is 1.96. The molecule has 0 radical (unpaired) electrons. The summed E-state index contributed by atoms with van der Waals surface area (Å²) in [4.78, 5) is 21.9. The number of amides is 1. The fourth-order valence-corrected chi connectivity index (χ4v) is 1.86. The first-order valence-corrected chi connectivity index (χ1v) is 6.20. The average molecular weight is 274 g/mol. The molecule has 0 aliphatic rings. The van der Waals surface area contributed by atoms with Gasteiger partial charge < -0.3 is 4.57 Å². The Kier molecular flexibility index (Phi) is 4.44. The monoisotopic (exact) mass is 274 g/mol. The lowest BCUT2D eigenvalue weighted by molar-refractivity contribution is 0.0953. The molecule has 0 saturated carbocycles. The second-order valence-electron chi connectivity index (χ2n) is 4.64. The largest absolute Gasteiger partial charge is 0.337 e. The molecule has 0 aliphatic carbocycles. The Bertz CT molecular complexity index is 577. The number of hydrogen-bond acceptors (Lipinski definition) is 5. The summed E-state index contributed by atoms with van der Waals surface area (Å²) in [6.07, 6.45) is 5.22. The van der Waals surface area contributed by atoms with Gasteiger partial charge in [-0.15, -0.1) is 0 Å². The van der Waals surface area contributed by atoms with Crippen molar-refractivity contribution in [2.45, 2.75) is 13.1 Å². The second-order valence-corrected chi connectivity index (χ2v) is 4.64. The number of carbonyl (C=O) groups is 1. The molecule has 3 N–H and O–H groups in total.